The van der Waals surface area contributed by atoms with E-state index >= 15 is 0 Å². The topological polar surface area (TPSA) is 86.3 Å². The van der Waals surface area contributed by atoms with Gasteiger partial charge in [-0.25, -0.2) is 0 Å². The summed E-state index contributed by atoms with van der Waals surface area (Å²) in [4.78, 5) is 27.0. The molecule has 0 spiro atoms. The van der Waals surface area contributed by atoms with Gasteiger partial charge in [-0.15, -0.1) is 0 Å². The van der Waals surface area contributed by atoms with E-state index in [1.165, 1.54) is 0 Å². The summed E-state index contributed by atoms with van der Waals surface area (Å²) in [6.45, 7) is 4.35. The van der Waals surface area contributed by atoms with E-state index in [9.17, 15) is 9.59 Å². The Morgan fingerprint density at radius 3 is 2.76 bits per heavy atom. The predicted octanol–water partition coefficient (Wildman–Crippen LogP) is 2.18. The van der Waals surface area contributed by atoms with Crippen LogP contribution in [0.25, 0.3) is 0 Å². The number of likely N-dealkylation sites (tertiary alicyclic amines) is 1. The van der Waals surface area contributed by atoms with E-state index in [0.29, 0.717) is 49.7 Å². The van der Waals surface area contributed by atoms with Gasteiger partial charge in [0.05, 0.1) is 12.7 Å². The van der Waals surface area contributed by atoms with Crippen LogP contribution in [-0.2, 0) is 19.1 Å². The zero-order valence-corrected chi connectivity index (χ0v) is 16.7. The summed E-state index contributed by atoms with van der Waals surface area (Å²) in [5, 5.41) is 2.94. The van der Waals surface area contributed by atoms with Crippen molar-refractivity contribution < 1.29 is 28.5 Å². The molecule has 3 aliphatic heterocycles. The molecule has 3 heterocycles. The summed E-state index contributed by atoms with van der Waals surface area (Å²) in [7, 11) is 0. The molecule has 2 unspecified atom stereocenters. The number of nitrogens with one attached hydrogen (secondary N) is 1. The first-order valence-corrected chi connectivity index (χ1v) is 10.3. The molecule has 2 saturated heterocycles. The Morgan fingerprint density at radius 1 is 1.21 bits per heavy atom. The first-order chi connectivity index (χ1) is 14.1. The maximum Gasteiger partial charge on any atom is 0.251 e. The van der Waals surface area contributed by atoms with Gasteiger partial charge in [0.15, 0.2) is 11.5 Å². The third-order valence-corrected chi connectivity index (χ3v) is 5.72. The monoisotopic (exact) mass is 404 g/mol. The number of benzene rings is 1. The van der Waals surface area contributed by atoms with Crippen LogP contribution < -0.4 is 14.8 Å². The lowest BCUT2D eigenvalue weighted by Gasteiger charge is -2.33. The highest BCUT2D eigenvalue weighted by Gasteiger charge is 2.30. The van der Waals surface area contributed by atoms with Crippen LogP contribution in [-0.4, -0.2) is 62.0 Å². The second-order valence-electron chi connectivity index (χ2n) is 7.77. The van der Waals surface area contributed by atoms with Crippen molar-refractivity contribution in [2.24, 2.45) is 5.92 Å². The average Bonchev–Trinajstić information content (AvgIpc) is 3.43. The van der Waals surface area contributed by atoms with Crippen molar-refractivity contribution in [2.75, 3.05) is 38.4 Å². The van der Waals surface area contributed by atoms with Crippen molar-refractivity contribution in [3.63, 3.8) is 0 Å². The fraction of sp³-hybridized carbons (Fsp3) is 0.619. The van der Waals surface area contributed by atoms with Crippen molar-refractivity contribution in [1.29, 1.82) is 0 Å². The van der Waals surface area contributed by atoms with Gasteiger partial charge in [0.2, 0.25) is 12.7 Å². The molecule has 1 N–H and O–H groups in total. The smallest absolute Gasteiger partial charge is 0.251 e. The lowest BCUT2D eigenvalue weighted by molar-refractivity contribution is -0.146. The first kappa shape index (κ1) is 20.0. The number of ether oxygens (including phenoxy) is 4. The minimum atomic E-state index is -0.488. The standard InChI is InChI=1S/C21H28N2O6/c1-14(27-12-17-3-2-10-26-17)21(25)23-8-6-15(7-9-23)20(24)22-16-4-5-18-19(11-16)29-13-28-18/h4-5,11,14-15,17H,2-3,6-10,12-13H2,1H3,(H,22,24). The zero-order valence-electron chi connectivity index (χ0n) is 16.7. The van der Waals surface area contributed by atoms with Crippen LogP contribution in [0.5, 0.6) is 11.5 Å². The van der Waals surface area contributed by atoms with Gasteiger partial charge in [-0.2, -0.15) is 0 Å². The van der Waals surface area contributed by atoms with Crippen LogP contribution >= 0.6 is 0 Å². The van der Waals surface area contributed by atoms with E-state index in [1.807, 2.05) is 0 Å². The maximum atomic E-state index is 12.6. The molecule has 0 bridgehead atoms. The summed E-state index contributed by atoms with van der Waals surface area (Å²) in [5.41, 5.74) is 0.689. The molecule has 0 aliphatic carbocycles. The molecule has 3 aliphatic rings. The fourth-order valence-electron chi connectivity index (χ4n) is 3.94. The second kappa shape index (κ2) is 9.00. The number of amides is 2. The zero-order chi connectivity index (χ0) is 20.2. The number of hydrogen-bond donors (Lipinski definition) is 1. The van der Waals surface area contributed by atoms with Gasteiger partial charge in [0.25, 0.3) is 5.91 Å². The molecule has 8 nitrogen and oxygen atoms in total. The van der Waals surface area contributed by atoms with Crippen LogP contribution in [0.1, 0.15) is 32.6 Å². The number of fused-ring (bicyclic) bond motifs is 1. The molecule has 8 heteroatoms. The van der Waals surface area contributed by atoms with Gasteiger partial charge in [-0.05, 0) is 44.7 Å². The lowest BCUT2D eigenvalue weighted by atomic mass is 9.95. The molecule has 2 fully saturated rings. The van der Waals surface area contributed by atoms with E-state index < -0.39 is 6.10 Å². The molecule has 0 radical (unpaired) electrons. The van der Waals surface area contributed by atoms with E-state index in [0.717, 1.165) is 19.4 Å². The molecule has 1 aromatic rings. The highest BCUT2D eigenvalue weighted by Crippen LogP contribution is 2.34. The van der Waals surface area contributed by atoms with Gasteiger partial charge in [0.1, 0.15) is 6.10 Å². The van der Waals surface area contributed by atoms with Crippen LogP contribution in [0.2, 0.25) is 0 Å². The molecule has 0 aromatic heterocycles. The lowest BCUT2D eigenvalue weighted by Crippen LogP contribution is -2.46. The number of rotatable bonds is 6. The van der Waals surface area contributed by atoms with Crippen molar-refractivity contribution in [3.05, 3.63) is 18.2 Å². The molecular weight excluding hydrogens is 376 g/mol. The quantitative estimate of drug-likeness (QED) is 0.782. The first-order valence-electron chi connectivity index (χ1n) is 10.3. The summed E-state index contributed by atoms with van der Waals surface area (Å²) >= 11 is 0. The van der Waals surface area contributed by atoms with Crippen LogP contribution in [0.15, 0.2) is 18.2 Å². The Balaban J connectivity index is 1.22. The van der Waals surface area contributed by atoms with E-state index in [1.54, 1.807) is 30.0 Å². The van der Waals surface area contributed by atoms with E-state index in [4.69, 9.17) is 18.9 Å². The minimum absolute atomic E-state index is 0.0161. The fourth-order valence-corrected chi connectivity index (χ4v) is 3.94. The third-order valence-electron chi connectivity index (χ3n) is 5.72. The van der Waals surface area contributed by atoms with Crippen molar-refractivity contribution >= 4 is 17.5 Å². The summed E-state index contributed by atoms with van der Waals surface area (Å²) in [5.74, 6) is 1.16. The summed E-state index contributed by atoms with van der Waals surface area (Å²) in [6, 6.07) is 5.36. The van der Waals surface area contributed by atoms with Crippen molar-refractivity contribution in [3.8, 4) is 11.5 Å². The molecule has 0 saturated carbocycles. The summed E-state index contributed by atoms with van der Waals surface area (Å²) in [6.07, 6.45) is 2.94. The Morgan fingerprint density at radius 2 is 2.00 bits per heavy atom. The second-order valence-corrected chi connectivity index (χ2v) is 7.77. The van der Waals surface area contributed by atoms with Gasteiger partial charge in [-0.3, -0.25) is 9.59 Å². The molecule has 2 amide bonds. The molecule has 158 valence electrons. The van der Waals surface area contributed by atoms with Gasteiger partial charge < -0.3 is 29.2 Å². The minimum Gasteiger partial charge on any atom is -0.454 e. The Labute approximate surface area is 170 Å². The van der Waals surface area contributed by atoms with Gasteiger partial charge >= 0.3 is 0 Å². The van der Waals surface area contributed by atoms with Crippen LogP contribution in [0.3, 0.4) is 0 Å². The molecule has 4 rings (SSSR count). The number of anilines is 1. The number of hydrogen-bond acceptors (Lipinski definition) is 6. The summed E-state index contributed by atoms with van der Waals surface area (Å²) < 4.78 is 21.9. The molecule has 29 heavy (non-hydrogen) atoms. The average molecular weight is 404 g/mol. The highest BCUT2D eigenvalue weighted by atomic mass is 16.7. The predicted molar refractivity (Wildman–Crippen MR) is 105 cm³/mol. The normalized spacial score (nSPS) is 22.5. The van der Waals surface area contributed by atoms with Gasteiger partial charge in [-0.1, -0.05) is 0 Å². The van der Waals surface area contributed by atoms with E-state index in [-0.39, 0.29) is 30.6 Å². The SMILES string of the molecule is CC(OCC1CCCO1)C(=O)N1CCC(C(=O)Nc2ccc3c(c2)OCO3)CC1. The number of piperidine rings is 1. The molecular formula is C21H28N2O6. The van der Waals surface area contributed by atoms with Gasteiger partial charge in [0, 0.05) is 37.4 Å². The number of carbonyl (C=O) groups is 2. The Kier molecular flexibility index (Phi) is 6.20. The molecule has 1 aromatic carbocycles. The largest absolute Gasteiger partial charge is 0.454 e. The van der Waals surface area contributed by atoms with E-state index in [2.05, 4.69) is 5.32 Å². The highest BCUT2D eigenvalue weighted by molar-refractivity contribution is 5.93. The van der Waals surface area contributed by atoms with Crippen LogP contribution in [0, 0.1) is 5.92 Å². The third kappa shape index (κ3) is 4.82. The molecule has 2 atom stereocenters. The van der Waals surface area contributed by atoms with Crippen molar-refractivity contribution in [2.45, 2.75) is 44.8 Å². The van der Waals surface area contributed by atoms with Crippen LogP contribution in [0.4, 0.5) is 5.69 Å². The Hall–Kier alpha value is -2.32. The number of nitrogens with zero attached hydrogens (tertiary/aromatic N) is 1. The number of carbonyl (C=O) groups excluding carboxylic acids is 2. The van der Waals surface area contributed by atoms with Crippen molar-refractivity contribution in [1.82, 2.24) is 4.90 Å². The Bertz CT molecular complexity index is 741. The maximum absolute atomic E-state index is 12.6.